The number of morpholine rings is 1. The molecule has 1 aromatic carbocycles. The third-order valence-corrected chi connectivity index (χ3v) is 4.83. The van der Waals surface area contributed by atoms with Crippen LogP contribution < -0.4 is 4.74 Å². The quantitative estimate of drug-likeness (QED) is 0.727. The van der Waals surface area contributed by atoms with Crippen molar-refractivity contribution >= 4 is 17.4 Å². The van der Waals surface area contributed by atoms with E-state index in [-0.39, 0.29) is 5.75 Å². The zero-order valence-corrected chi connectivity index (χ0v) is 16.7. The molecule has 1 atom stereocenters. The highest BCUT2D eigenvalue weighted by Crippen LogP contribution is 2.34. The zero-order valence-electron chi connectivity index (χ0n) is 15.9. The van der Waals surface area contributed by atoms with Crippen LogP contribution in [0.25, 0.3) is 11.3 Å². The van der Waals surface area contributed by atoms with E-state index in [1.165, 1.54) is 17.4 Å². The molecule has 9 heteroatoms. The summed E-state index contributed by atoms with van der Waals surface area (Å²) in [6.07, 6.45) is -0.795. The minimum atomic E-state index is -2.91. The van der Waals surface area contributed by atoms with Gasteiger partial charge in [0.25, 0.3) is 0 Å². The molecule has 0 bridgehead atoms. The number of thiazole rings is 1. The minimum Gasteiger partial charge on any atom is -0.444 e. The van der Waals surface area contributed by atoms with Gasteiger partial charge in [-0.25, -0.2) is 9.78 Å². The van der Waals surface area contributed by atoms with Crippen LogP contribution in [0.2, 0.25) is 0 Å². The van der Waals surface area contributed by atoms with Gasteiger partial charge < -0.3 is 19.1 Å². The monoisotopic (exact) mass is 412 g/mol. The average molecular weight is 412 g/mol. The van der Waals surface area contributed by atoms with Crippen molar-refractivity contribution in [1.29, 1.82) is 0 Å². The van der Waals surface area contributed by atoms with E-state index in [0.29, 0.717) is 36.0 Å². The van der Waals surface area contributed by atoms with Crippen molar-refractivity contribution in [3.8, 4) is 17.0 Å². The molecule has 1 fully saturated rings. The molecule has 0 radical (unpaired) electrons. The molecule has 0 spiro atoms. The van der Waals surface area contributed by atoms with Crippen LogP contribution in [0.5, 0.6) is 5.75 Å². The lowest BCUT2D eigenvalue weighted by Gasteiger charge is -2.33. The normalized spacial score (nSPS) is 17.6. The van der Waals surface area contributed by atoms with Crippen LogP contribution in [0, 0.1) is 0 Å². The molecule has 28 heavy (non-hydrogen) atoms. The molecule has 2 heterocycles. The Kier molecular flexibility index (Phi) is 6.14. The number of alkyl halides is 2. The van der Waals surface area contributed by atoms with Gasteiger partial charge in [-0.2, -0.15) is 8.78 Å². The fraction of sp³-hybridized carbons (Fsp3) is 0.474. The number of benzene rings is 1. The highest BCUT2D eigenvalue weighted by Gasteiger charge is 2.30. The number of carbonyl (C=O) groups excluding carboxylic acids is 1. The molecule has 1 aliphatic heterocycles. The fourth-order valence-corrected chi connectivity index (χ4v) is 3.58. The second-order valence-corrected chi connectivity index (χ2v) is 8.12. The number of ether oxygens (including phenoxy) is 3. The first-order chi connectivity index (χ1) is 13.2. The lowest BCUT2D eigenvalue weighted by Crippen LogP contribution is -2.44. The molecule has 0 aliphatic carbocycles. The maximum absolute atomic E-state index is 12.6. The van der Waals surface area contributed by atoms with Gasteiger partial charge in [0, 0.05) is 17.5 Å². The number of hydrogen-bond donors (Lipinski definition) is 0. The molecule has 1 aliphatic rings. The topological polar surface area (TPSA) is 60.9 Å². The van der Waals surface area contributed by atoms with Crippen LogP contribution in [0.3, 0.4) is 0 Å². The SMILES string of the molecule is CC(C)(C)OC(=O)N1CCO[C@@H](c2nc(-c3ccccc3OC(F)F)cs2)C1. The van der Waals surface area contributed by atoms with E-state index < -0.39 is 24.4 Å². The second-order valence-electron chi connectivity index (χ2n) is 7.23. The number of rotatable bonds is 4. The van der Waals surface area contributed by atoms with Crippen molar-refractivity contribution in [2.75, 3.05) is 19.7 Å². The molecule has 1 amide bonds. The van der Waals surface area contributed by atoms with Gasteiger partial charge in [-0.15, -0.1) is 11.3 Å². The lowest BCUT2D eigenvalue weighted by molar-refractivity contribution is -0.0494. The maximum atomic E-state index is 12.6. The predicted octanol–water partition coefficient (Wildman–Crippen LogP) is 4.72. The van der Waals surface area contributed by atoms with E-state index in [2.05, 4.69) is 9.72 Å². The first-order valence-corrected chi connectivity index (χ1v) is 9.70. The molecule has 2 aromatic rings. The van der Waals surface area contributed by atoms with E-state index in [9.17, 15) is 13.6 Å². The van der Waals surface area contributed by atoms with Gasteiger partial charge in [-0.05, 0) is 32.9 Å². The Hall–Kier alpha value is -2.26. The Morgan fingerprint density at radius 3 is 2.82 bits per heavy atom. The Balaban J connectivity index is 1.74. The van der Waals surface area contributed by atoms with Gasteiger partial charge in [0.2, 0.25) is 0 Å². The number of amides is 1. The molecule has 1 saturated heterocycles. The molecule has 3 rings (SSSR count). The average Bonchev–Trinajstić information content (AvgIpc) is 3.10. The van der Waals surface area contributed by atoms with Gasteiger partial charge in [-0.3, -0.25) is 0 Å². The molecule has 0 saturated carbocycles. The van der Waals surface area contributed by atoms with Crippen molar-refractivity contribution in [1.82, 2.24) is 9.88 Å². The van der Waals surface area contributed by atoms with E-state index >= 15 is 0 Å². The molecular formula is C19H22F2N2O4S. The van der Waals surface area contributed by atoms with Crippen LogP contribution in [-0.2, 0) is 9.47 Å². The van der Waals surface area contributed by atoms with E-state index in [1.807, 2.05) is 20.8 Å². The summed E-state index contributed by atoms with van der Waals surface area (Å²) in [6.45, 7) is 3.65. The Morgan fingerprint density at radius 2 is 2.11 bits per heavy atom. The summed E-state index contributed by atoms with van der Waals surface area (Å²) in [5, 5.41) is 2.42. The number of para-hydroxylation sites is 1. The Bertz CT molecular complexity index is 822. The minimum absolute atomic E-state index is 0.0642. The highest BCUT2D eigenvalue weighted by atomic mass is 32.1. The van der Waals surface area contributed by atoms with Crippen molar-refractivity contribution in [3.05, 3.63) is 34.7 Å². The summed E-state index contributed by atoms with van der Waals surface area (Å²) in [6, 6.07) is 6.50. The van der Waals surface area contributed by atoms with Gasteiger partial charge in [-0.1, -0.05) is 12.1 Å². The predicted molar refractivity (Wildman–Crippen MR) is 101 cm³/mol. The van der Waals surface area contributed by atoms with Crippen LogP contribution in [0.15, 0.2) is 29.6 Å². The summed E-state index contributed by atoms with van der Waals surface area (Å²) in [7, 11) is 0. The Morgan fingerprint density at radius 1 is 1.36 bits per heavy atom. The van der Waals surface area contributed by atoms with E-state index in [1.54, 1.807) is 28.5 Å². The molecule has 0 unspecified atom stereocenters. The highest BCUT2D eigenvalue weighted by molar-refractivity contribution is 7.10. The summed E-state index contributed by atoms with van der Waals surface area (Å²) in [5.41, 5.74) is 0.424. The molecule has 1 aromatic heterocycles. The summed E-state index contributed by atoms with van der Waals surface area (Å²) < 4.78 is 41.0. The standard InChI is InChI=1S/C19H22F2N2O4S/c1-19(2,3)27-18(24)23-8-9-25-15(10-23)16-22-13(11-28-16)12-6-4-5-7-14(12)26-17(20)21/h4-7,11,15,17H,8-10H2,1-3H3/t15-/m1/s1. The van der Waals surface area contributed by atoms with Crippen LogP contribution in [-0.4, -0.2) is 47.9 Å². The summed E-state index contributed by atoms with van der Waals surface area (Å²) in [5.74, 6) is 0.0642. The first-order valence-electron chi connectivity index (χ1n) is 8.82. The molecule has 152 valence electrons. The number of halogens is 2. The van der Waals surface area contributed by atoms with Crippen molar-refractivity contribution in [3.63, 3.8) is 0 Å². The van der Waals surface area contributed by atoms with Gasteiger partial charge in [0.1, 0.15) is 22.5 Å². The number of hydrogen-bond acceptors (Lipinski definition) is 6. The molecule has 6 nitrogen and oxygen atoms in total. The van der Waals surface area contributed by atoms with Gasteiger partial charge in [0.05, 0.1) is 18.8 Å². The summed E-state index contributed by atoms with van der Waals surface area (Å²) in [4.78, 5) is 18.4. The van der Waals surface area contributed by atoms with Crippen molar-refractivity contribution < 1.29 is 27.8 Å². The number of carbonyl (C=O) groups is 1. The van der Waals surface area contributed by atoms with Gasteiger partial charge >= 0.3 is 12.7 Å². The molecule has 0 N–H and O–H groups in total. The smallest absolute Gasteiger partial charge is 0.410 e. The number of aromatic nitrogens is 1. The van der Waals surface area contributed by atoms with E-state index in [0.717, 1.165) is 0 Å². The third kappa shape index (κ3) is 5.17. The van der Waals surface area contributed by atoms with Crippen LogP contribution in [0.1, 0.15) is 31.9 Å². The third-order valence-electron chi connectivity index (χ3n) is 3.89. The fourth-order valence-electron chi connectivity index (χ4n) is 2.73. The van der Waals surface area contributed by atoms with E-state index in [4.69, 9.17) is 9.47 Å². The maximum Gasteiger partial charge on any atom is 0.410 e. The first kappa shape index (κ1) is 20.5. The largest absolute Gasteiger partial charge is 0.444 e. The molecular weight excluding hydrogens is 390 g/mol. The summed E-state index contributed by atoms with van der Waals surface area (Å²) >= 11 is 1.35. The Labute approximate surface area is 166 Å². The zero-order chi connectivity index (χ0) is 20.3. The van der Waals surface area contributed by atoms with Crippen LogP contribution >= 0.6 is 11.3 Å². The van der Waals surface area contributed by atoms with Gasteiger partial charge in [0.15, 0.2) is 0 Å². The van der Waals surface area contributed by atoms with Crippen molar-refractivity contribution in [2.24, 2.45) is 0 Å². The number of nitrogens with zero attached hydrogens (tertiary/aromatic N) is 2. The van der Waals surface area contributed by atoms with Crippen molar-refractivity contribution in [2.45, 2.75) is 39.1 Å². The lowest BCUT2D eigenvalue weighted by atomic mass is 10.1. The van der Waals surface area contributed by atoms with Crippen LogP contribution in [0.4, 0.5) is 13.6 Å². The second kappa shape index (κ2) is 8.40.